The van der Waals surface area contributed by atoms with Crippen molar-refractivity contribution in [1.29, 1.82) is 0 Å². The molecule has 4 heteroatoms. The van der Waals surface area contributed by atoms with Crippen LogP contribution in [0.15, 0.2) is 71.3 Å². The Bertz CT molecular complexity index is 841. The van der Waals surface area contributed by atoms with Gasteiger partial charge in [0.15, 0.2) is 5.60 Å². The molecule has 4 nitrogen and oxygen atoms in total. The molecular formula is C23H26N2O2. The predicted molar refractivity (Wildman–Crippen MR) is 106 cm³/mol. The number of para-hydroxylation sites is 1. The number of aliphatic hydroxyl groups is 1. The molecule has 2 N–H and O–H groups in total. The van der Waals surface area contributed by atoms with Gasteiger partial charge in [0, 0.05) is 11.6 Å². The highest BCUT2D eigenvalue weighted by Crippen LogP contribution is 2.43. The fraction of sp³-hybridized carbons (Fsp3) is 0.348. The van der Waals surface area contributed by atoms with E-state index in [0.717, 1.165) is 42.7 Å². The number of benzene rings is 2. The fourth-order valence-corrected chi connectivity index (χ4v) is 4.06. The molecule has 140 valence electrons. The first-order valence-electron chi connectivity index (χ1n) is 9.79. The molecule has 0 aliphatic heterocycles. The van der Waals surface area contributed by atoms with Gasteiger partial charge in [0.2, 0.25) is 5.89 Å². The molecule has 3 aromatic rings. The summed E-state index contributed by atoms with van der Waals surface area (Å²) >= 11 is 0. The maximum absolute atomic E-state index is 11.8. The molecule has 1 saturated carbocycles. The zero-order chi connectivity index (χ0) is 18.5. The first-order chi connectivity index (χ1) is 13.3. The summed E-state index contributed by atoms with van der Waals surface area (Å²) in [7, 11) is 0. The van der Waals surface area contributed by atoms with Crippen molar-refractivity contribution in [2.24, 2.45) is 5.92 Å². The van der Waals surface area contributed by atoms with Crippen molar-refractivity contribution < 1.29 is 9.52 Å². The summed E-state index contributed by atoms with van der Waals surface area (Å²) in [4.78, 5) is 4.50. The van der Waals surface area contributed by atoms with Crippen LogP contribution in [0.5, 0.6) is 0 Å². The number of nitrogens with zero attached hydrogens (tertiary/aromatic N) is 1. The third kappa shape index (κ3) is 3.76. The summed E-state index contributed by atoms with van der Waals surface area (Å²) in [5.41, 5.74) is 0.717. The van der Waals surface area contributed by atoms with Crippen molar-refractivity contribution in [1.82, 2.24) is 4.98 Å². The normalized spacial score (nSPS) is 17.4. The van der Waals surface area contributed by atoms with Crippen molar-refractivity contribution >= 4 is 5.69 Å². The number of aromatic nitrogens is 1. The molecule has 0 unspecified atom stereocenters. The van der Waals surface area contributed by atoms with Gasteiger partial charge in [-0.2, -0.15) is 0 Å². The Labute approximate surface area is 160 Å². The summed E-state index contributed by atoms with van der Waals surface area (Å²) < 4.78 is 6.05. The average Bonchev–Trinajstić information content (AvgIpc) is 3.23. The maximum Gasteiger partial charge on any atom is 0.231 e. The van der Waals surface area contributed by atoms with E-state index < -0.39 is 5.60 Å². The lowest BCUT2D eigenvalue weighted by atomic mass is 9.73. The van der Waals surface area contributed by atoms with Crippen LogP contribution >= 0.6 is 0 Å². The first-order valence-corrected chi connectivity index (χ1v) is 9.79. The van der Waals surface area contributed by atoms with Crippen LogP contribution in [0.4, 0.5) is 5.69 Å². The fourth-order valence-electron chi connectivity index (χ4n) is 4.06. The molecule has 1 heterocycles. The highest BCUT2D eigenvalue weighted by Gasteiger charge is 2.44. The van der Waals surface area contributed by atoms with Crippen molar-refractivity contribution in [2.75, 3.05) is 5.32 Å². The zero-order valence-electron chi connectivity index (χ0n) is 15.5. The van der Waals surface area contributed by atoms with Gasteiger partial charge in [-0.05, 0) is 30.5 Å². The van der Waals surface area contributed by atoms with E-state index in [1.165, 1.54) is 6.42 Å². The Hall–Kier alpha value is -2.59. The van der Waals surface area contributed by atoms with E-state index in [9.17, 15) is 5.11 Å². The van der Waals surface area contributed by atoms with Gasteiger partial charge >= 0.3 is 0 Å². The first kappa shape index (κ1) is 17.8. The second-order valence-corrected chi connectivity index (χ2v) is 7.32. The number of hydrogen-bond donors (Lipinski definition) is 2. The molecule has 0 radical (unpaired) electrons. The van der Waals surface area contributed by atoms with Gasteiger partial charge in [-0.1, -0.05) is 67.8 Å². The van der Waals surface area contributed by atoms with Crippen LogP contribution in [-0.2, 0) is 12.1 Å². The minimum absolute atomic E-state index is 0.127. The van der Waals surface area contributed by atoms with E-state index in [4.69, 9.17) is 4.42 Å². The Morgan fingerprint density at radius 1 is 0.963 bits per heavy atom. The second-order valence-electron chi connectivity index (χ2n) is 7.32. The summed E-state index contributed by atoms with van der Waals surface area (Å²) in [6, 6.07) is 19.8. The van der Waals surface area contributed by atoms with Crippen LogP contribution < -0.4 is 5.32 Å². The number of nitrogens with one attached hydrogen (secondary N) is 1. The minimum atomic E-state index is -1.17. The van der Waals surface area contributed by atoms with Crippen molar-refractivity contribution in [3.05, 3.63) is 84.1 Å². The predicted octanol–water partition coefficient (Wildman–Crippen LogP) is 5.10. The Morgan fingerprint density at radius 2 is 1.63 bits per heavy atom. The number of anilines is 1. The number of rotatable bonds is 6. The maximum atomic E-state index is 11.8. The standard InChI is InChI=1S/C23H26N2O2/c26-23(18-10-4-1-5-11-18,19-12-6-2-7-13-19)22-25-17-21(27-22)16-24-20-14-8-3-9-15-20/h1,3-5,8-11,14-15,17,19,24,26H,2,6-7,12-13,16H2/t23-/m0/s1. The Kier molecular flexibility index (Phi) is 5.26. The van der Waals surface area contributed by atoms with Gasteiger partial charge < -0.3 is 14.8 Å². The summed E-state index contributed by atoms with van der Waals surface area (Å²) in [5.74, 6) is 1.26. The molecule has 27 heavy (non-hydrogen) atoms. The molecular weight excluding hydrogens is 336 g/mol. The van der Waals surface area contributed by atoms with Gasteiger partial charge in [-0.3, -0.25) is 0 Å². The lowest BCUT2D eigenvalue weighted by molar-refractivity contribution is -0.0238. The number of hydrogen-bond acceptors (Lipinski definition) is 4. The van der Waals surface area contributed by atoms with E-state index in [1.807, 2.05) is 60.7 Å². The van der Waals surface area contributed by atoms with Gasteiger partial charge in [-0.25, -0.2) is 4.98 Å². The van der Waals surface area contributed by atoms with Crippen LogP contribution in [0, 0.1) is 5.92 Å². The molecule has 2 aromatic carbocycles. The van der Waals surface area contributed by atoms with E-state index in [2.05, 4.69) is 10.3 Å². The molecule has 1 atom stereocenters. The van der Waals surface area contributed by atoms with Crippen molar-refractivity contribution in [3.63, 3.8) is 0 Å². The molecule has 1 aliphatic carbocycles. The summed E-state index contributed by atoms with van der Waals surface area (Å²) in [6.07, 6.45) is 7.23. The Balaban J connectivity index is 1.60. The third-order valence-corrected chi connectivity index (χ3v) is 5.53. The lowest BCUT2D eigenvalue weighted by Gasteiger charge is -2.36. The van der Waals surface area contributed by atoms with Gasteiger partial charge in [0.25, 0.3) is 0 Å². The van der Waals surface area contributed by atoms with Gasteiger partial charge in [0.05, 0.1) is 12.7 Å². The second kappa shape index (κ2) is 7.97. The van der Waals surface area contributed by atoms with Crippen LogP contribution in [-0.4, -0.2) is 10.1 Å². The number of oxazole rings is 1. The summed E-state index contributed by atoms with van der Waals surface area (Å²) in [5, 5.41) is 15.1. The molecule has 1 aromatic heterocycles. The summed E-state index contributed by atoms with van der Waals surface area (Å²) in [6.45, 7) is 0.534. The topological polar surface area (TPSA) is 58.3 Å². The molecule has 1 fully saturated rings. The smallest absolute Gasteiger partial charge is 0.231 e. The highest BCUT2D eigenvalue weighted by atomic mass is 16.4. The molecule has 0 bridgehead atoms. The van der Waals surface area contributed by atoms with Crippen LogP contribution in [0.3, 0.4) is 0 Å². The molecule has 4 rings (SSSR count). The molecule has 0 spiro atoms. The minimum Gasteiger partial charge on any atom is -0.440 e. The zero-order valence-corrected chi connectivity index (χ0v) is 15.5. The molecule has 0 saturated heterocycles. The SMILES string of the molecule is O[C@](c1ccccc1)(c1ncc(CNc2ccccc2)o1)C1CCCCC1. The third-order valence-electron chi connectivity index (χ3n) is 5.53. The Morgan fingerprint density at radius 3 is 2.33 bits per heavy atom. The van der Waals surface area contributed by atoms with Crippen molar-refractivity contribution in [2.45, 2.75) is 44.2 Å². The van der Waals surface area contributed by atoms with E-state index in [-0.39, 0.29) is 5.92 Å². The van der Waals surface area contributed by atoms with Gasteiger partial charge in [0.1, 0.15) is 5.76 Å². The van der Waals surface area contributed by atoms with Crippen molar-refractivity contribution in [3.8, 4) is 0 Å². The van der Waals surface area contributed by atoms with Crippen LogP contribution in [0.2, 0.25) is 0 Å². The van der Waals surface area contributed by atoms with Crippen LogP contribution in [0.1, 0.15) is 49.3 Å². The highest BCUT2D eigenvalue weighted by molar-refractivity contribution is 5.42. The van der Waals surface area contributed by atoms with E-state index >= 15 is 0 Å². The molecule has 1 aliphatic rings. The van der Waals surface area contributed by atoms with E-state index in [1.54, 1.807) is 6.20 Å². The monoisotopic (exact) mass is 362 g/mol. The largest absolute Gasteiger partial charge is 0.440 e. The average molecular weight is 362 g/mol. The van der Waals surface area contributed by atoms with Crippen LogP contribution in [0.25, 0.3) is 0 Å². The van der Waals surface area contributed by atoms with E-state index in [0.29, 0.717) is 12.4 Å². The lowest BCUT2D eigenvalue weighted by Crippen LogP contribution is -2.38. The quantitative estimate of drug-likeness (QED) is 0.640. The molecule has 0 amide bonds. The van der Waals surface area contributed by atoms with Gasteiger partial charge in [-0.15, -0.1) is 0 Å².